The average molecular weight is 536 g/mol. The van der Waals surface area contributed by atoms with E-state index in [0.717, 1.165) is 32.1 Å². The average Bonchev–Trinajstić information content (AvgIpc) is 2.92. The monoisotopic (exact) mass is 535 g/mol. The maximum Gasteiger partial charge on any atom is 0.220 e. The van der Waals surface area contributed by atoms with Gasteiger partial charge >= 0.3 is 0 Å². The second kappa shape index (κ2) is 30.4. The number of aliphatic hydroxyl groups is 2. The van der Waals surface area contributed by atoms with Gasteiger partial charge in [-0.3, -0.25) is 4.79 Å². The Labute approximate surface area is 237 Å². The molecule has 0 aliphatic heterocycles. The highest BCUT2D eigenvalue weighted by atomic mass is 16.3. The van der Waals surface area contributed by atoms with Gasteiger partial charge in [0, 0.05) is 6.42 Å². The molecule has 0 saturated heterocycles. The number of amides is 1. The molecule has 0 saturated carbocycles. The van der Waals surface area contributed by atoms with Crippen LogP contribution in [0.2, 0.25) is 0 Å². The van der Waals surface area contributed by atoms with Crippen molar-refractivity contribution in [3.05, 3.63) is 24.3 Å². The number of carbonyl (C=O) groups excluding carboxylic acids is 1. The zero-order valence-electron chi connectivity index (χ0n) is 25.4. The van der Waals surface area contributed by atoms with E-state index in [1.807, 2.05) is 6.08 Å². The van der Waals surface area contributed by atoms with E-state index in [0.29, 0.717) is 6.42 Å². The molecular formula is C34H65NO3. The zero-order valence-corrected chi connectivity index (χ0v) is 25.4. The molecule has 0 aromatic rings. The van der Waals surface area contributed by atoms with Gasteiger partial charge < -0.3 is 15.5 Å². The summed E-state index contributed by atoms with van der Waals surface area (Å²) in [6, 6.07) is -0.631. The third-order valence-electron chi connectivity index (χ3n) is 7.44. The minimum atomic E-state index is -0.854. The summed E-state index contributed by atoms with van der Waals surface area (Å²) < 4.78 is 0. The standard InChI is InChI=1S/C34H65NO3/c1-3-5-7-9-11-13-15-17-19-21-23-25-27-29-33(37)32(31-36)35-34(38)30-28-26-24-22-20-18-16-14-12-10-8-6-4-2/h19,21,27,29,32-33,36-37H,3-18,20,22-26,28,30-31H2,1-2H3,(H,35,38). The summed E-state index contributed by atoms with van der Waals surface area (Å²) in [5, 5.41) is 22.8. The molecule has 38 heavy (non-hydrogen) atoms. The van der Waals surface area contributed by atoms with Crippen molar-refractivity contribution in [1.29, 1.82) is 0 Å². The Hall–Kier alpha value is -1.13. The molecule has 0 heterocycles. The lowest BCUT2D eigenvalue weighted by Gasteiger charge is -2.19. The third kappa shape index (κ3) is 26.5. The molecule has 0 rings (SSSR count). The number of hydrogen-bond acceptors (Lipinski definition) is 3. The predicted molar refractivity (Wildman–Crippen MR) is 165 cm³/mol. The first-order valence-corrected chi connectivity index (χ1v) is 16.6. The van der Waals surface area contributed by atoms with Crippen LogP contribution in [0.15, 0.2) is 24.3 Å². The smallest absolute Gasteiger partial charge is 0.220 e. The van der Waals surface area contributed by atoms with Gasteiger partial charge in [-0.25, -0.2) is 0 Å². The molecule has 0 aliphatic rings. The van der Waals surface area contributed by atoms with Crippen LogP contribution in [-0.4, -0.2) is 34.9 Å². The number of hydrogen-bond donors (Lipinski definition) is 3. The molecule has 0 aliphatic carbocycles. The summed E-state index contributed by atoms with van der Waals surface area (Å²) in [4.78, 5) is 12.2. The lowest BCUT2D eigenvalue weighted by atomic mass is 10.0. The van der Waals surface area contributed by atoms with E-state index >= 15 is 0 Å². The zero-order chi connectivity index (χ0) is 27.9. The fraction of sp³-hybridized carbons (Fsp3) is 0.853. The van der Waals surface area contributed by atoms with Crippen molar-refractivity contribution in [1.82, 2.24) is 5.32 Å². The second-order valence-corrected chi connectivity index (χ2v) is 11.2. The molecule has 0 aromatic heterocycles. The molecule has 2 atom stereocenters. The summed E-state index contributed by atoms with van der Waals surface area (Å²) >= 11 is 0. The summed E-state index contributed by atoms with van der Waals surface area (Å²) in [6.07, 6.45) is 36.8. The van der Waals surface area contributed by atoms with Crippen LogP contribution in [0, 0.1) is 0 Å². The molecular weight excluding hydrogens is 470 g/mol. The minimum Gasteiger partial charge on any atom is -0.394 e. The fourth-order valence-electron chi connectivity index (χ4n) is 4.84. The Bertz CT molecular complexity index is 546. The first-order chi connectivity index (χ1) is 18.7. The molecule has 224 valence electrons. The number of unbranched alkanes of at least 4 members (excludes halogenated alkanes) is 20. The minimum absolute atomic E-state index is 0.0760. The summed E-state index contributed by atoms with van der Waals surface area (Å²) in [5.41, 5.74) is 0. The maximum atomic E-state index is 12.2. The first-order valence-electron chi connectivity index (χ1n) is 16.6. The van der Waals surface area contributed by atoms with Crippen molar-refractivity contribution in [2.45, 2.75) is 180 Å². The van der Waals surface area contributed by atoms with Gasteiger partial charge in [-0.1, -0.05) is 154 Å². The molecule has 4 heteroatoms. The highest BCUT2D eigenvalue weighted by Crippen LogP contribution is 2.13. The van der Waals surface area contributed by atoms with Crippen LogP contribution < -0.4 is 5.32 Å². The molecule has 2 unspecified atom stereocenters. The largest absolute Gasteiger partial charge is 0.394 e. The number of nitrogens with one attached hydrogen (secondary N) is 1. The van der Waals surface area contributed by atoms with Gasteiger partial charge in [0.15, 0.2) is 0 Å². The molecule has 3 N–H and O–H groups in total. The van der Waals surface area contributed by atoms with E-state index in [2.05, 4.69) is 31.3 Å². The van der Waals surface area contributed by atoms with Crippen LogP contribution >= 0.6 is 0 Å². The van der Waals surface area contributed by atoms with Crippen molar-refractivity contribution in [3.8, 4) is 0 Å². The van der Waals surface area contributed by atoms with Gasteiger partial charge in [0.2, 0.25) is 5.91 Å². The van der Waals surface area contributed by atoms with E-state index in [9.17, 15) is 15.0 Å². The summed E-state index contributed by atoms with van der Waals surface area (Å²) in [6.45, 7) is 4.26. The first kappa shape index (κ1) is 36.9. The number of allylic oxidation sites excluding steroid dienone is 3. The highest BCUT2D eigenvalue weighted by molar-refractivity contribution is 5.76. The Balaban J connectivity index is 3.70. The normalized spacial score (nSPS) is 13.5. The van der Waals surface area contributed by atoms with Crippen LogP contribution in [-0.2, 0) is 4.79 Å². The Morgan fingerprint density at radius 3 is 1.53 bits per heavy atom. The molecule has 0 fully saturated rings. The van der Waals surface area contributed by atoms with Gasteiger partial charge in [0.25, 0.3) is 0 Å². The van der Waals surface area contributed by atoms with Crippen molar-refractivity contribution in [2.24, 2.45) is 0 Å². The lowest BCUT2D eigenvalue weighted by Crippen LogP contribution is -2.45. The molecule has 0 radical (unpaired) electrons. The van der Waals surface area contributed by atoms with Gasteiger partial charge in [0.1, 0.15) is 0 Å². The van der Waals surface area contributed by atoms with Crippen LogP contribution in [0.25, 0.3) is 0 Å². The van der Waals surface area contributed by atoms with Crippen LogP contribution in [0.5, 0.6) is 0 Å². The topological polar surface area (TPSA) is 69.6 Å². The molecule has 1 amide bonds. The summed E-state index contributed by atoms with van der Waals surface area (Å²) in [5.74, 6) is -0.0760. The summed E-state index contributed by atoms with van der Waals surface area (Å²) in [7, 11) is 0. The van der Waals surface area contributed by atoms with Crippen molar-refractivity contribution in [3.63, 3.8) is 0 Å². The Kier molecular flexibility index (Phi) is 29.5. The second-order valence-electron chi connectivity index (χ2n) is 11.2. The van der Waals surface area contributed by atoms with Gasteiger partial charge in [0.05, 0.1) is 18.8 Å². The van der Waals surface area contributed by atoms with E-state index in [4.69, 9.17) is 0 Å². The van der Waals surface area contributed by atoms with Gasteiger partial charge in [-0.15, -0.1) is 0 Å². The quantitative estimate of drug-likeness (QED) is 0.0660. The number of aliphatic hydroxyl groups excluding tert-OH is 2. The predicted octanol–water partition coefficient (Wildman–Crippen LogP) is 9.34. The molecule has 0 spiro atoms. The van der Waals surface area contributed by atoms with E-state index < -0.39 is 12.1 Å². The molecule has 0 bridgehead atoms. The Morgan fingerprint density at radius 1 is 0.605 bits per heavy atom. The number of rotatable bonds is 29. The van der Waals surface area contributed by atoms with E-state index in [1.165, 1.54) is 116 Å². The van der Waals surface area contributed by atoms with Crippen molar-refractivity contribution < 1.29 is 15.0 Å². The van der Waals surface area contributed by atoms with Crippen molar-refractivity contribution in [2.75, 3.05) is 6.61 Å². The van der Waals surface area contributed by atoms with E-state index in [1.54, 1.807) is 6.08 Å². The van der Waals surface area contributed by atoms with Crippen LogP contribution in [0.3, 0.4) is 0 Å². The third-order valence-corrected chi connectivity index (χ3v) is 7.44. The fourth-order valence-corrected chi connectivity index (χ4v) is 4.84. The Morgan fingerprint density at radius 2 is 1.03 bits per heavy atom. The highest BCUT2D eigenvalue weighted by Gasteiger charge is 2.17. The molecule has 0 aromatic carbocycles. The van der Waals surface area contributed by atoms with Crippen molar-refractivity contribution >= 4 is 5.91 Å². The van der Waals surface area contributed by atoms with Gasteiger partial charge in [-0.2, -0.15) is 0 Å². The molecule has 4 nitrogen and oxygen atoms in total. The lowest BCUT2D eigenvalue weighted by molar-refractivity contribution is -0.123. The van der Waals surface area contributed by atoms with Crippen LogP contribution in [0.4, 0.5) is 0 Å². The SMILES string of the molecule is CCCCCCCCCC=CCCC=CC(O)C(CO)NC(=O)CCCCCCCCCCCCCCC. The number of carbonyl (C=O) groups is 1. The van der Waals surface area contributed by atoms with Gasteiger partial charge in [-0.05, 0) is 32.1 Å². The van der Waals surface area contributed by atoms with E-state index in [-0.39, 0.29) is 12.5 Å². The maximum absolute atomic E-state index is 12.2. The van der Waals surface area contributed by atoms with Crippen LogP contribution in [0.1, 0.15) is 168 Å².